The van der Waals surface area contributed by atoms with Crippen LogP contribution in [0, 0.1) is 0 Å². The van der Waals surface area contributed by atoms with Gasteiger partial charge < -0.3 is 9.30 Å². The summed E-state index contributed by atoms with van der Waals surface area (Å²) in [6.07, 6.45) is 1.90. The van der Waals surface area contributed by atoms with E-state index in [0.29, 0.717) is 18.8 Å². The smallest absolute Gasteiger partial charge is 0.293 e. The minimum absolute atomic E-state index is 0.166. The molecule has 1 amide bonds. The van der Waals surface area contributed by atoms with Crippen LogP contribution in [0.5, 0.6) is 5.75 Å². The molecule has 2 aromatic heterocycles. The van der Waals surface area contributed by atoms with Crippen molar-refractivity contribution in [3.8, 4) is 5.75 Å². The maximum Gasteiger partial charge on any atom is 0.293 e. The van der Waals surface area contributed by atoms with Crippen molar-refractivity contribution >= 4 is 16.9 Å². The summed E-state index contributed by atoms with van der Waals surface area (Å²) in [5.74, 6) is 0.183. The van der Waals surface area contributed by atoms with Gasteiger partial charge in [0.1, 0.15) is 23.7 Å². The van der Waals surface area contributed by atoms with E-state index in [2.05, 4.69) is 4.98 Å². The van der Waals surface area contributed by atoms with Crippen LogP contribution in [0.4, 0.5) is 0 Å². The zero-order chi connectivity index (χ0) is 15.4. The molecular weight excluding hydrogens is 282 g/mol. The van der Waals surface area contributed by atoms with Crippen LogP contribution in [0.3, 0.4) is 0 Å². The highest BCUT2D eigenvalue weighted by molar-refractivity contribution is 5.93. The van der Waals surface area contributed by atoms with Crippen molar-refractivity contribution < 1.29 is 14.7 Å². The molecule has 6 heteroatoms. The van der Waals surface area contributed by atoms with Gasteiger partial charge in [0, 0.05) is 11.6 Å². The van der Waals surface area contributed by atoms with E-state index >= 15 is 0 Å². The highest BCUT2D eigenvalue weighted by atomic mass is 16.5. The quantitative estimate of drug-likeness (QED) is 0.559. The average molecular weight is 297 g/mol. The molecule has 0 spiro atoms. The summed E-state index contributed by atoms with van der Waals surface area (Å²) >= 11 is 0. The summed E-state index contributed by atoms with van der Waals surface area (Å²) in [5.41, 5.74) is 2.43. The zero-order valence-corrected chi connectivity index (χ0v) is 11.8. The van der Waals surface area contributed by atoms with Crippen molar-refractivity contribution in [1.29, 1.82) is 0 Å². The number of hydrogen-bond acceptors (Lipinski definition) is 4. The summed E-state index contributed by atoms with van der Waals surface area (Å²) in [6.45, 7) is 1.10. The van der Waals surface area contributed by atoms with Gasteiger partial charge in [0.2, 0.25) is 0 Å². The third-order valence-corrected chi connectivity index (χ3v) is 3.29. The van der Waals surface area contributed by atoms with E-state index in [0.717, 1.165) is 11.1 Å². The van der Waals surface area contributed by atoms with Gasteiger partial charge in [-0.05, 0) is 30.3 Å². The summed E-state index contributed by atoms with van der Waals surface area (Å²) < 4.78 is 7.57. The monoisotopic (exact) mass is 297 g/mol. The van der Waals surface area contributed by atoms with Gasteiger partial charge in [-0.25, -0.2) is 10.5 Å². The Morgan fingerprint density at radius 3 is 2.77 bits per heavy atom. The number of carbonyl (C=O) groups is 1. The van der Waals surface area contributed by atoms with E-state index < -0.39 is 5.91 Å². The van der Waals surface area contributed by atoms with Crippen molar-refractivity contribution in [2.24, 2.45) is 0 Å². The van der Waals surface area contributed by atoms with Gasteiger partial charge in [-0.3, -0.25) is 10.0 Å². The van der Waals surface area contributed by atoms with Crippen LogP contribution < -0.4 is 10.2 Å². The molecule has 6 nitrogen and oxygen atoms in total. The Balaban J connectivity index is 1.74. The fourth-order valence-electron chi connectivity index (χ4n) is 2.20. The predicted molar refractivity (Wildman–Crippen MR) is 80.9 cm³/mol. The molecule has 0 unspecified atom stereocenters. The minimum Gasteiger partial charge on any atom is -0.492 e. The molecule has 2 heterocycles. The van der Waals surface area contributed by atoms with Gasteiger partial charge >= 0.3 is 0 Å². The maximum absolute atomic E-state index is 11.4. The first-order valence-corrected chi connectivity index (χ1v) is 6.86. The van der Waals surface area contributed by atoms with Crippen LogP contribution in [0.15, 0.2) is 54.7 Å². The number of fused-ring (bicyclic) bond motifs is 1. The number of benzene rings is 1. The Morgan fingerprint density at radius 2 is 2.00 bits per heavy atom. The number of carbonyl (C=O) groups excluding carboxylic acids is 1. The second-order valence-corrected chi connectivity index (χ2v) is 4.72. The van der Waals surface area contributed by atoms with E-state index in [4.69, 9.17) is 9.94 Å². The fourth-order valence-corrected chi connectivity index (χ4v) is 2.20. The Labute approximate surface area is 126 Å². The first kappa shape index (κ1) is 14.1. The van der Waals surface area contributed by atoms with Gasteiger partial charge in [0.25, 0.3) is 5.91 Å². The molecular formula is C16H15N3O3. The van der Waals surface area contributed by atoms with Gasteiger partial charge in [0.15, 0.2) is 0 Å². The number of para-hydroxylation sites is 1. The molecule has 0 saturated carbocycles. The van der Waals surface area contributed by atoms with Crippen LogP contribution >= 0.6 is 0 Å². The Bertz CT molecular complexity index is 784. The molecule has 3 aromatic rings. The topological polar surface area (TPSA) is 76.4 Å². The van der Waals surface area contributed by atoms with Gasteiger partial charge in [0.05, 0.1) is 6.54 Å². The lowest BCUT2D eigenvalue weighted by Gasteiger charge is -2.08. The molecule has 0 bridgehead atoms. The minimum atomic E-state index is -0.629. The second kappa shape index (κ2) is 6.28. The molecule has 0 saturated heterocycles. The zero-order valence-electron chi connectivity index (χ0n) is 11.8. The number of ether oxygens (including phenoxy) is 1. The molecule has 0 aliphatic heterocycles. The number of amides is 1. The van der Waals surface area contributed by atoms with Crippen molar-refractivity contribution in [2.75, 3.05) is 6.61 Å². The Hall–Kier alpha value is -2.86. The molecule has 0 aliphatic carbocycles. The SMILES string of the molecule is O=C(NO)c1ccc2ccn(CCOc3ccccc3)c2n1. The molecule has 2 N–H and O–H groups in total. The molecule has 0 radical (unpaired) electrons. The predicted octanol–water partition coefficient (Wildman–Crippen LogP) is 2.23. The highest BCUT2D eigenvalue weighted by Crippen LogP contribution is 2.15. The molecule has 112 valence electrons. The molecule has 1 aromatic carbocycles. The van der Waals surface area contributed by atoms with E-state index in [1.165, 1.54) is 0 Å². The van der Waals surface area contributed by atoms with Crippen LogP contribution in [-0.4, -0.2) is 27.3 Å². The summed E-state index contributed by atoms with van der Waals surface area (Å²) in [5, 5.41) is 9.61. The number of rotatable bonds is 5. The third kappa shape index (κ3) is 2.91. The van der Waals surface area contributed by atoms with Crippen LogP contribution in [0.25, 0.3) is 11.0 Å². The van der Waals surface area contributed by atoms with E-state index in [1.807, 2.05) is 47.2 Å². The summed E-state index contributed by atoms with van der Waals surface area (Å²) in [7, 11) is 0. The van der Waals surface area contributed by atoms with E-state index in [9.17, 15) is 4.79 Å². The van der Waals surface area contributed by atoms with Crippen molar-refractivity contribution in [2.45, 2.75) is 6.54 Å². The van der Waals surface area contributed by atoms with Gasteiger partial charge in [-0.2, -0.15) is 0 Å². The molecule has 0 fully saturated rings. The largest absolute Gasteiger partial charge is 0.492 e. The number of nitrogens with one attached hydrogen (secondary N) is 1. The molecule has 0 aliphatic rings. The first-order chi connectivity index (χ1) is 10.8. The third-order valence-electron chi connectivity index (χ3n) is 3.29. The second-order valence-electron chi connectivity index (χ2n) is 4.72. The Kier molecular flexibility index (Phi) is 4.02. The summed E-state index contributed by atoms with van der Waals surface area (Å²) in [6, 6.07) is 14.9. The molecule has 3 rings (SSSR count). The fraction of sp³-hybridized carbons (Fsp3) is 0.125. The van der Waals surface area contributed by atoms with Crippen molar-refractivity contribution in [3.05, 3.63) is 60.4 Å². The number of hydrogen-bond donors (Lipinski definition) is 2. The van der Waals surface area contributed by atoms with E-state index in [1.54, 1.807) is 17.6 Å². The lowest BCUT2D eigenvalue weighted by Crippen LogP contribution is -2.20. The number of aromatic nitrogens is 2. The van der Waals surface area contributed by atoms with Gasteiger partial charge in [-0.15, -0.1) is 0 Å². The van der Waals surface area contributed by atoms with Crippen LogP contribution in [0.2, 0.25) is 0 Å². The average Bonchev–Trinajstić information content (AvgIpc) is 2.97. The number of hydroxylamine groups is 1. The van der Waals surface area contributed by atoms with Crippen molar-refractivity contribution in [3.63, 3.8) is 0 Å². The Morgan fingerprint density at radius 1 is 1.18 bits per heavy atom. The molecule has 0 atom stereocenters. The number of pyridine rings is 1. The lowest BCUT2D eigenvalue weighted by molar-refractivity contribution is 0.0701. The lowest BCUT2D eigenvalue weighted by atomic mass is 10.3. The number of nitrogens with zero attached hydrogens (tertiary/aromatic N) is 2. The highest BCUT2D eigenvalue weighted by Gasteiger charge is 2.09. The molecule has 22 heavy (non-hydrogen) atoms. The van der Waals surface area contributed by atoms with Crippen LogP contribution in [0.1, 0.15) is 10.5 Å². The van der Waals surface area contributed by atoms with Gasteiger partial charge in [-0.1, -0.05) is 18.2 Å². The first-order valence-electron chi connectivity index (χ1n) is 6.86. The normalized spacial score (nSPS) is 10.6. The van der Waals surface area contributed by atoms with Crippen LogP contribution in [-0.2, 0) is 6.54 Å². The van der Waals surface area contributed by atoms with Crippen molar-refractivity contribution in [1.82, 2.24) is 15.0 Å². The van der Waals surface area contributed by atoms with E-state index in [-0.39, 0.29) is 5.69 Å². The summed E-state index contributed by atoms with van der Waals surface area (Å²) in [4.78, 5) is 15.7. The maximum atomic E-state index is 11.4. The standard InChI is InChI=1S/C16H15N3O3/c20-16(18-21)14-7-6-12-8-9-19(15(12)17-14)10-11-22-13-4-2-1-3-5-13/h1-9,21H,10-11H2,(H,18,20).